The van der Waals surface area contributed by atoms with Crippen molar-refractivity contribution in [1.82, 2.24) is 9.97 Å². The highest BCUT2D eigenvalue weighted by Crippen LogP contribution is 2.22. The van der Waals surface area contributed by atoms with Crippen molar-refractivity contribution in [2.75, 3.05) is 0 Å². The number of halogens is 2. The van der Waals surface area contributed by atoms with Gasteiger partial charge in [-0.1, -0.05) is 20.8 Å². The lowest BCUT2D eigenvalue weighted by molar-refractivity contribution is 0.566. The topological polar surface area (TPSA) is 25.8 Å². The predicted molar refractivity (Wildman–Crippen MR) is 74.6 cm³/mol. The van der Waals surface area contributed by atoms with Crippen molar-refractivity contribution in [3.63, 3.8) is 0 Å². The molecular formula is C16H18F2N2. The SMILES string of the molecule is CC(C)c1cc(F)cc(CC(C)c2ncccc2F)n1. The van der Waals surface area contributed by atoms with Crippen LogP contribution in [0.2, 0.25) is 0 Å². The van der Waals surface area contributed by atoms with Gasteiger partial charge in [0, 0.05) is 23.5 Å². The fourth-order valence-corrected chi connectivity index (χ4v) is 2.14. The van der Waals surface area contributed by atoms with Crippen LogP contribution in [0, 0.1) is 11.6 Å². The molecule has 2 rings (SSSR count). The lowest BCUT2D eigenvalue weighted by Gasteiger charge is -2.13. The average Bonchev–Trinajstić information content (AvgIpc) is 2.38. The molecule has 0 aliphatic rings. The van der Waals surface area contributed by atoms with E-state index in [9.17, 15) is 8.78 Å². The zero-order chi connectivity index (χ0) is 14.7. The standard InChI is InChI=1S/C16H18F2N2/c1-10(2)15-9-12(17)8-13(20-15)7-11(3)16-14(18)5-4-6-19-16/h4-6,8-11H,7H2,1-3H3. The maximum Gasteiger partial charge on any atom is 0.144 e. The first-order valence-electron chi connectivity index (χ1n) is 6.74. The molecule has 2 aromatic heterocycles. The maximum atomic E-state index is 13.7. The highest BCUT2D eigenvalue weighted by molar-refractivity contribution is 5.19. The highest BCUT2D eigenvalue weighted by atomic mass is 19.1. The van der Waals surface area contributed by atoms with Gasteiger partial charge in [0.1, 0.15) is 11.6 Å². The van der Waals surface area contributed by atoms with Crippen LogP contribution >= 0.6 is 0 Å². The van der Waals surface area contributed by atoms with E-state index in [1.54, 1.807) is 12.3 Å². The minimum Gasteiger partial charge on any atom is -0.258 e. The summed E-state index contributed by atoms with van der Waals surface area (Å²) in [7, 11) is 0. The minimum absolute atomic E-state index is 0.148. The number of pyridine rings is 2. The van der Waals surface area contributed by atoms with Gasteiger partial charge in [0.15, 0.2) is 0 Å². The molecule has 0 spiro atoms. The molecule has 0 radical (unpaired) electrons. The van der Waals surface area contributed by atoms with Crippen LogP contribution in [0.5, 0.6) is 0 Å². The average molecular weight is 276 g/mol. The molecule has 0 N–H and O–H groups in total. The predicted octanol–water partition coefficient (Wildman–Crippen LogP) is 4.22. The molecule has 0 bridgehead atoms. The summed E-state index contributed by atoms with van der Waals surface area (Å²) in [5, 5.41) is 0. The van der Waals surface area contributed by atoms with Crippen LogP contribution in [0.1, 0.15) is 49.7 Å². The van der Waals surface area contributed by atoms with Crippen molar-refractivity contribution < 1.29 is 8.78 Å². The minimum atomic E-state index is -0.333. The number of aromatic nitrogens is 2. The second-order valence-electron chi connectivity index (χ2n) is 5.33. The molecule has 1 unspecified atom stereocenters. The Balaban J connectivity index is 2.24. The second-order valence-corrected chi connectivity index (χ2v) is 5.33. The van der Waals surface area contributed by atoms with Gasteiger partial charge in [-0.3, -0.25) is 9.97 Å². The molecule has 106 valence electrons. The fraction of sp³-hybridized carbons (Fsp3) is 0.375. The summed E-state index contributed by atoms with van der Waals surface area (Å²) in [6.07, 6.45) is 2.03. The normalized spacial score (nSPS) is 12.7. The third kappa shape index (κ3) is 3.38. The molecular weight excluding hydrogens is 258 g/mol. The van der Waals surface area contributed by atoms with Crippen molar-refractivity contribution in [2.45, 2.75) is 39.0 Å². The van der Waals surface area contributed by atoms with E-state index >= 15 is 0 Å². The Morgan fingerprint density at radius 1 is 1.15 bits per heavy atom. The summed E-state index contributed by atoms with van der Waals surface area (Å²) < 4.78 is 27.3. The summed E-state index contributed by atoms with van der Waals surface area (Å²) in [6, 6.07) is 5.80. The van der Waals surface area contributed by atoms with Gasteiger partial charge in [0.05, 0.1) is 5.69 Å². The van der Waals surface area contributed by atoms with Gasteiger partial charge in [0.2, 0.25) is 0 Å². The molecule has 0 fully saturated rings. The summed E-state index contributed by atoms with van der Waals surface area (Å²) in [5.74, 6) is -0.621. The molecule has 1 atom stereocenters. The Bertz CT molecular complexity index is 597. The van der Waals surface area contributed by atoms with Gasteiger partial charge in [-0.2, -0.15) is 0 Å². The van der Waals surface area contributed by atoms with E-state index in [0.29, 0.717) is 23.5 Å². The lowest BCUT2D eigenvalue weighted by Crippen LogP contribution is -2.07. The Morgan fingerprint density at radius 3 is 2.55 bits per heavy atom. The molecule has 0 saturated heterocycles. The quantitative estimate of drug-likeness (QED) is 0.835. The Labute approximate surface area is 117 Å². The smallest absolute Gasteiger partial charge is 0.144 e. The monoisotopic (exact) mass is 276 g/mol. The van der Waals surface area contributed by atoms with Crippen molar-refractivity contribution in [3.8, 4) is 0 Å². The van der Waals surface area contributed by atoms with Gasteiger partial charge in [-0.25, -0.2) is 8.78 Å². The van der Waals surface area contributed by atoms with E-state index in [1.807, 2.05) is 20.8 Å². The summed E-state index contributed by atoms with van der Waals surface area (Å²) in [6.45, 7) is 5.80. The van der Waals surface area contributed by atoms with Crippen LogP contribution < -0.4 is 0 Å². The lowest BCUT2D eigenvalue weighted by atomic mass is 9.99. The Kier molecular flexibility index (Phi) is 4.42. The van der Waals surface area contributed by atoms with Crippen LogP contribution in [0.25, 0.3) is 0 Å². The van der Waals surface area contributed by atoms with Gasteiger partial charge in [-0.05, 0) is 36.6 Å². The first-order chi connectivity index (χ1) is 9.47. The first-order valence-corrected chi connectivity index (χ1v) is 6.74. The maximum absolute atomic E-state index is 13.7. The molecule has 0 aromatic carbocycles. The summed E-state index contributed by atoms with van der Waals surface area (Å²) in [4.78, 5) is 8.50. The van der Waals surface area contributed by atoms with Crippen LogP contribution in [-0.4, -0.2) is 9.97 Å². The van der Waals surface area contributed by atoms with Crippen LogP contribution in [-0.2, 0) is 6.42 Å². The van der Waals surface area contributed by atoms with E-state index in [1.165, 1.54) is 18.2 Å². The van der Waals surface area contributed by atoms with Gasteiger partial charge in [0.25, 0.3) is 0 Å². The van der Waals surface area contributed by atoms with Gasteiger partial charge < -0.3 is 0 Å². The molecule has 0 aliphatic heterocycles. The van der Waals surface area contributed by atoms with E-state index < -0.39 is 0 Å². The van der Waals surface area contributed by atoms with Crippen LogP contribution in [0.3, 0.4) is 0 Å². The summed E-state index contributed by atoms with van der Waals surface area (Å²) in [5.41, 5.74) is 1.74. The van der Waals surface area contributed by atoms with E-state index in [2.05, 4.69) is 9.97 Å². The van der Waals surface area contributed by atoms with Crippen molar-refractivity contribution in [1.29, 1.82) is 0 Å². The zero-order valence-corrected chi connectivity index (χ0v) is 11.9. The number of nitrogens with zero attached hydrogens (tertiary/aromatic N) is 2. The molecule has 2 nitrogen and oxygen atoms in total. The first kappa shape index (κ1) is 14.6. The number of hydrogen-bond acceptors (Lipinski definition) is 2. The summed E-state index contributed by atoms with van der Waals surface area (Å²) >= 11 is 0. The molecule has 2 heterocycles. The Hall–Kier alpha value is -1.84. The fourth-order valence-electron chi connectivity index (χ4n) is 2.14. The number of rotatable bonds is 4. The van der Waals surface area contributed by atoms with Gasteiger partial charge >= 0.3 is 0 Å². The molecule has 0 saturated carbocycles. The zero-order valence-electron chi connectivity index (χ0n) is 11.9. The largest absolute Gasteiger partial charge is 0.258 e. The van der Waals surface area contributed by atoms with Crippen molar-refractivity contribution in [2.24, 2.45) is 0 Å². The van der Waals surface area contributed by atoms with Crippen LogP contribution in [0.4, 0.5) is 8.78 Å². The van der Waals surface area contributed by atoms with E-state index in [-0.39, 0.29) is 23.5 Å². The number of hydrogen-bond donors (Lipinski definition) is 0. The van der Waals surface area contributed by atoms with Crippen molar-refractivity contribution >= 4 is 0 Å². The molecule has 2 aromatic rings. The van der Waals surface area contributed by atoms with Crippen molar-refractivity contribution in [3.05, 3.63) is 59.2 Å². The van der Waals surface area contributed by atoms with Gasteiger partial charge in [-0.15, -0.1) is 0 Å². The third-order valence-corrected chi connectivity index (χ3v) is 3.22. The second kappa shape index (κ2) is 6.07. The third-order valence-electron chi connectivity index (χ3n) is 3.22. The molecule has 20 heavy (non-hydrogen) atoms. The molecule has 4 heteroatoms. The van der Waals surface area contributed by atoms with E-state index in [4.69, 9.17) is 0 Å². The molecule has 0 amide bonds. The van der Waals surface area contributed by atoms with Crippen LogP contribution in [0.15, 0.2) is 30.5 Å². The molecule has 0 aliphatic carbocycles. The van der Waals surface area contributed by atoms with E-state index in [0.717, 1.165) is 0 Å². The Morgan fingerprint density at radius 2 is 1.90 bits per heavy atom. The highest BCUT2D eigenvalue weighted by Gasteiger charge is 2.15.